The van der Waals surface area contributed by atoms with Crippen LogP contribution in [0.5, 0.6) is 0 Å². The van der Waals surface area contributed by atoms with Crippen molar-refractivity contribution in [2.75, 3.05) is 7.05 Å². The monoisotopic (exact) mass is 239 g/mol. The molecule has 0 spiro atoms. The van der Waals surface area contributed by atoms with E-state index in [0.717, 1.165) is 37.8 Å². The van der Waals surface area contributed by atoms with E-state index in [1.807, 2.05) is 0 Å². The molecule has 0 saturated heterocycles. The first-order chi connectivity index (χ1) is 7.82. The molecule has 0 heterocycles. The van der Waals surface area contributed by atoms with Gasteiger partial charge in [0.25, 0.3) is 0 Å². The lowest BCUT2D eigenvalue weighted by molar-refractivity contribution is -0.132. The Labute approximate surface area is 102 Å². The Balaban J connectivity index is 2.51. The number of nitrogens with zero attached hydrogens (tertiary/aromatic N) is 1. The van der Waals surface area contributed by atoms with Gasteiger partial charge in [0.2, 0.25) is 5.91 Å². The molecule has 1 rings (SSSR count). The van der Waals surface area contributed by atoms with Crippen LogP contribution >= 0.6 is 0 Å². The Bertz CT molecular complexity index is 324. The van der Waals surface area contributed by atoms with E-state index in [1.165, 1.54) is 0 Å². The number of aliphatic carboxylic acids is 1. The fourth-order valence-electron chi connectivity index (χ4n) is 2.21. The first kappa shape index (κ1) is 13.7. The molecule has 0 aromatic rings. The fourth-order valence-corrected chi connectivity index (χ4v) is 2.21. The molecule has 17 heavy (non-hydrogen) atoms. The topological polar surface area (TPSA) is 57.6 Å². The maximum Gasteiger partial charge on any atom is 0.328 e. The SMILES string of the molecule is CN(C(=O)C=CC(=O)O)C1CCC(C)(C)CC1. The zero-order valence-electron chi connectivity index (χ0n) is 10.8. The van der Waals surface area contributed by atoms with Gasteiger partial charge in [-0.1, -0.05) is 13.8 Å². The highest BCUT2D eigenvalue weighted by Gasteiger charge is 2.29. The predicted molar refractivity (Wildman–Crippen MR) is 65.6 cm³/mol. The van der Waals surface area contributed by atoms with E-state index in [-0.39, 0.29) is 11.9 Å². The molecular formula is C13H21NO3. The second-order valence-electron chi connectivity index (χ2n) is 5.52. The molecule has 0 atom stereocenters. The van der Waals surface area contributed by atoms with E-state index >= 15 is 0 Å². The molecule has 1 fully saturated rings. The number of hydrogen-bond donors (Lipinski definition) is 1. The highest BCUT2D eigenvalue weighted by molar-refractivity contribution is 5.93. The number of carbonyl (C=O) groups excluding carboxylic acids is 1. The summed E-state index contributed by atoms with van der Waals surface area (Å²) in [5.74, 6) is -1.31. The van der Waals surface area contributed by atoms with Crippen molar-refractivity contribution in [3.63, 3.8) is 0 Å². The van der Waals surface area contributed by atoms with Gasteiger partial charge in [0, 0.05) is 25.2 Å². The molecule has 1 N–H and O–H groups in total. The lowest BCUT2D eigenvalue weighted by Gasteiger charge is -2.38. The van der Waals surface area contributed by atoms with Crippen molar-refractivity contribution in [3.8, 4) is 0 Å². The average Bonchev–Trinajstić information content (AvgIpc) is 2.25. The van der Waals surface area contributed by atoms with Gasteiger partial charge < -0.3 is 10.0 Å². The van der Waals surface area contributed by atoms with Gasteiger partial charge in [-0.25, -0.2) is 4.79 Å². The molecule has 1 amide bonds. The van der Waals surface area contributed by atoms with E-state index in [4.69, 9.17) is 5.11 Å². The van der Waals surface area contributed by atoms with E-state index < -0.39 is 5.97 Å². The number of likely N-dealkylation sites (N-methyl/N-ethyl adjacent to an activating group) is 1. The molecule has 1 aliphatic carbocycles. The largest absolute Gasteiger partial charge is 0.478 e. The first-order valence-corrected chi connectivity index (χ1v) is 6.00. The van der Waals surface area contributed by atoms with Crippen LogP contribution in [-0.4, -0.2) is 35.0 Å². The third kappa shape index (κ3) is 4.21. The van der Waals surface area contributed by atoms with E-state index in [2.05, 4.69) is 13.8 Å². The van der Waals surface area contributed by atoms with Crippen LogP contribution in [0.3, 0.4) is 0 Å². The van der Waals surface area contributed by atoms with Crippen LogP contribution in [-0.2, 0) is 9.59 Å². The molecule has 96 valence electrons. The minimum Gasteiger partial charge on any atom is -0.478 e. The van der Waals surface area contributed by atoms with Gasteiger partial charge in [-0.3, -0.25) is 4.79 Å². The molecule has 1 saturated carbocycles. The van der Waals surface area contributed by atoms with Gasteiger partial charge in [-0.2, -0.15) is 0 Å². The molecule has 1 aliphatic rings. The van der Waals surface area contributed by atoms with Crippen LogP contribution in [0.2, 0.25) is 0 Å². The van der Waals surface area contributed by atoms with Crippen molar-refractivity contribution >= 4 is 11.9 Å². The smallest absolute Gasteiger partial charge is 0.328 e. The Morgan fingerprint density at radius 2 is 1.76 bits per heavy atom. The van der Waals surface area contributed by atoms with Gasteiger partial charge in [0.15, 0.2) is 0 Å². The van der Waals surface area contributed by atoms with Gasteiger partial charge in [0.1, 0.15) is 0 Å². The van der Waals surface area contributed by atoms with E-state index in [9.17, 15) is 9.59 Å². The second kappa shape index (κ2) is 5.34. The fraction of sp³-hybridized carbons (Fsp3) is 0.692. The highest BCUT2D eigenvalue weighted by atomic mass is 16.4. The quantitative estimate of drug-likeness (QED) is 0.767. The number of amides is 1. The third-order valence-electron chi connectivity index (χ3n) is 3.57. The number of carbonyl (C=O) groups is 2. The van der Waals surface area contributed by atoms with Crippen LogP contribution in [0.15, 0.2) is 12.2 Å². The highest BCUT2D eigenvalue weighted by Crippen LogP contribution is 2.36. The summed E-state index contributed by atoms with van der Waals surface area (Å²) in [6.07, 6.45) is 6.23. The van der Waals surface area contributed by atoms with Crippen LogP contribution in [0.25, 0.3) is 0 Å². The zero-order chi connectivity index (χ0) is 13.1. The second-order valence-corrected chi connectivity index (χ2v) is 5.52. The summed E-state index contributed by atoms with van der Waals surface area (Å²) < 4.78 is 0. The van der Waals surface area contributed by atoms with Gasteiger partial charge in [0.05, 0.1) is 0 Å². The van der Waals surface area contributed by atoms with Crippen molar-refractivity contribution in [2.45, 2.75) is 45.6 Å². The van der Waals surface area contributed by atoms with E-state index in [0.29, 0.717) is 5.41 Å². The first-order valence-electron chi connectivity index (χ1n) is 6.00. The Morgan fingerprint density at radius 3 is 2.24 bits per heavy atom. The maximum atomic E-state index is 11.7. The van der Waals surface area contributed by atoms with Gasteiger partial charge in [-0.05, 0) is 31.1 Å². The average molecular weight is 239 g/mol. The molecule has 0 unspecified atom stereocenters. The summed E-state index contributed by atoms with van der Waals surface area (Å²) in [6.45, 7) is 4.49. The molecule has 4 heteroatoms. The predicted octanol–water partition coefficient (Wildman–Crippen LogP) is 2.05. The van der Waals surface area contributed by atoms with Crippen LogP contribution in [0, 0.1) is 5.41 Å². The van der Waals surface area contributed by atoms with Crippen LogP contribution in [0.1, 0.15) is 39.5 Å². The summed E-state index contributed by atoms with van der Waals surface area (Å²) >= 11 is 0. The summed E-state index contributed by atoms with van der Waals surface area (Å²) in [5, 5.41) is 8.47. The third-order valence-corrected chi connectivity index (χ3v) is 3.57. The summed E-state index contributed by atoms with van der Waals surface area (Å²) in [6, 6.07) is 0.244. The van der Waals surface area contributed by atoms with Crippen molar-refractivity contribution < 1.29 is 14.7 Å². The summed E-state index contributed by atoms with van der Waals surface area (Å²) in [5.41, 5.74) is 0.372. The van der Waals surface area contributed by atoms with Crippen molar-refractivity contribution in [3.05, 3.63) is 12.2 Å². The van der Waals surface area contributed by atoms with Gasteiger partial charge >= 0.3 is 5.97 Å². The number of rotatable bonds is 3. The van der Waals surface area contributed by atoms with Crippen LogP contribution in [0.4, 0.5) is 0 Å². The lowest BCUT2D eigenvalue weighted by atomic mass is 9.75. The minimum atomic E-state index is -1.09. The zero-order valence-corrected chi connectivity index (χ0v) is 10.8. The molecule has 4 nitrogen and oxygen atoms in total. The Kier molecular flexibility index (Phi) is 4.32. The Hall–Kier alpha value is -1.32. The van der Waals surface area contributed by atoms with Crippen LogP contribution < -0.4 is 0 Å². The summed E-state index contributed by atoms with van der Waals surface area (Å²) in [4.78, 5) is 23.7. The minimum absolute atomic E-state index is 0.225. The van der Waals surface area contributed by atoms with Gasteiger partial charge in [-0.15, -0.1) is 0 Å². The molecule has 0 aliphatic heterocycles. The molecular weight excluding hydrogens is 218 g/mol. The molecule has 0 radical (unpaired) electrons. The lowest BCUT2D eigenvalue weighted by Crippen LogP contribution is -2.40. The van der Waals surface area contributed by atoms with E-state index in [1.54, 1.807) is 11.9 Å². The van der Waals surface area contributed by atoms with Crippen molar-refractivity contribution in [1.29, 1.82) is 0 Å². The maximum absolute atomic E-state index is 11.7. The molecule has 0 aromatic carbocycles. The Morgan fingerprint density at radius 1 is 1.24 bits per heavy atom. The standard InChI is InChI=1S/C13H21NO3/c1-13(2)8-6-10(7-9-13)14(3)11(15)4-5-12(16)17/h4-5,10H,6-9H2,1-3H3,(H,16,17). The summed E-state index contributed by atoms with van der Waals surface area (Å²) in [7, 11) is 1.75. The number of hydrogen-bond acceptors (Lipinski definition) is 2. The molecule has 0 bridgehead atoms. The van der Waals surface area contributed by atoms with Crippen molar-refractivity contribution in [2.24, 2.45) is 5.41 Å². The van der Waals surface area contributed by atoms with Crippen molar-refractivity contribution in [1.82, 2.24) is 4.90 Å². The number of carboxylic acids is 1. The molecule has 0 aromatic heterocycles. The number of carboxylic acid groups (broad SMARTS) is 1. The normalized spacial score (nSPS) is 20.4.